The van der Waals surface area contributed by atoms with Crippen LogP contribution in [-0.2, 0) is 7.05 Å². The number of carbonyl (C=O) groups is 1. The first-order valence-electron chi connectivity index (χ1n) is 5.86. The molecule has 4 nitrogen and oxygen atoms in total. The molecule has 2 heterocycles. The fourth-order valence-electron chi connectivity index (χ4n) is 2.20. The Labute approximate surface area is 96.5 Å². The second kappa shape index (κ2) is 3.92. The zero-order valence-electron chi connectivity index (χ0n) is 10.3. The van der Waals surface area contributed by atoms with Crippen molar-refractivity contribution in [1.29, 1.82) is 0 Å². The maximum atomic E-state index is 12.1. The van der Waals surface area contributed by atoms with E-state index in [4.69, 9.17) is 0 Å². The number of hydrogen-bond donors (Lipinski definition) is 0. The number of carbonyl (C=O) groups excluding carboxylic acids is 1. The molecule has 2 rings (SSSR count). The molecule has 0 bridgehead atoms. The lowest BCUT2D eigenvalue weighted by Gasteiger charge is -2.21. The average molecular weight is 222 g/mol. The van der Waals surface area contributed by atoms with E-state index in [1.54, 1.807) is 4.57 Å². The molecule has 4 heteroatoms. The van der Waals surface area contributed by atoms with Gasteiger partial charge in [0.2, 0.25) is 0 Å². The van der Waals surface area contributed by atoms with Crippen LogP contribution in [0.15, 0.2) is 18.7 Å². The standard InChI is InChI=1S/C12H20N3O/c1-4-12(2)5-6-14(9-12)11(16)15-8-7-13(3)10-15/h7-8,10H,4-6,9H2,1-3H3/q+1. The Morgan fingerprint density at radius 1 is 1.56 bits per heavy atom. The van der Waals surface area contributed by atoms with Crippen molar-refractivity contribution in [3.8, 4) is 0 Å². The Kier molecular flexibility index (Phi) is 2.74. The molecule has 1 saturated heterocycles. The molecule has 1 aromatic rings. The summed E-state index contributed by atoms with van der Waals surface area (Å²) < 4.78 is 3.54. The molecule has 16 heavy (non-hydrogen) atoms. The van der Waals surface area contributed by atoms with Gasteiger partial charge in [-0.3, -0.25) is 0 Å². The molecule has 0 spiro atoms. The van der Waals surface area contributed by atoms with Crippen LogP contribution >= 0.6 is 0 Å². The summed E-state index contributed by atoms with van der Waals surface area (Å²) in [5.74, 6) is 0. The van der Waals surface area contributed by atoms with E-state index in [0.29, 0.717) is 5.41 Å². The molecule has 1 aromatic heterocycles. The van der Waals surface area contributed by atoms with Crippen LogP contribution in [0.25, 0.3) is 0 Å². The van der Waals surface area contributed by atoms with Crippen molar-refractivity contribution in [2.24, 2.45) is 12.5 Å². The number of aryl methyl sites for hydroxylation is 1. The monoisotopic (exact) mass is 222 g/mol. The number of rotatable bonds is 1. The van der Waals surface area contributed by atoms with Crippen molar-refractivity contribution < 1.29 is 9.36 Å². The highest BCUT2D eigenvalue weighted by atomic mass is 16.2. The van der Waals surface area contributed by atoms with Crippen molar-refractivity contribution in [2.75, 3.05) is 13.1 Å². The van der Waals surface area contributed by atoms with Gasteiger partial charge in [0.05, 0.1) is 7.05 Å². The van der Waals surface area contributed by atoms with Crippen LogP contribution in [0.1, 0.15) is 26.7 Å². The van der Waals surface area contributed by atoms with Crippen LogP contribution in [0.2, 0.25) is 0 Å². The normalized spacial score (nSPS) is 25.1. The van der Waals surface area contributed by atoms with Crippen molar-refractivity contribution in [1.82, 2.24) is 9.47 Å². The first-order chi connectivity index (χ1) is 7.54. The summed E-state index contributed by atoms with van der Waals surface area (Å²) in [6.07, 6.45) is 7.75. The number of nitrogens with zero attached hydrogens (tertiary/aromatic N) is 3. The van der Waals surface area contributed by atoms with E-state index >= 15 is 0 Å². The van der Waals surface area contributed by atoms with Gasteiger partial charge in [-0.2, -0.15) is 4.57 Å². The minimum atomic E-state index is 0.0952. The van der Waals surface area contributed by atoms with Gasteiger partial charge in [0.1, 0.15) is 12.4 Å². The van der Waals surface area contributed by atoms with Gasteiger partial charge < -0.3 is 4.90 Å². The van der Waals surface area contributed by atoms with Crippen LogP contribution in [-0.4, -0.2) is 28.6 Å². The zero-order chi connectivity index (χ0) is 11.8. The highest BCUT2D eigenvalue weighted by molar-refractivity contribution is 5.76. The molecule has 0 saturated carbocycles. The second-order valence-corrected chi connectivity index (χ2v) is 5.10. The molecule has 1 amide bonds. The van der Waals surface area contributed by atoms with Gasteiger partial charge in [0, 0.05) is 13.1 Å². The van der Waals surface area contributed by atoms with Crippen LogP contribution in [0.4, 0.5) is 4.79 Å². The Morgan fingerprint density at radius 3 is 2.81 bits per heavy atom. The number of imidazole rings is 1. The van der Waals surface area contributed by atoms with Crippen LogP contribution in [0.3, 0.4) is 0 Å². The highest BCUT2D eigenvalue weighted by Crippen LogP contribution is 2.33. The predicted octanol–water partition coefficient (Wildman–Crippen LogP) is 1.40. The lowest BCUT2D eigenvalue weighted by atomic mass is 9.87. The molecule has 0 N–H and O–H groups in total. The Morgan fingerprint density at radius 2 is 2.31 bits per heavy atom. The molecule has 0 aliphatic carbocycles. The number of hydrogen-bond acceptors (Lipinski definition) is 1. The Hall–Kier alpha value is -1.32. The van der Waals surface area contributed by atoms with Gasteiger partial charge in [-0.25, -0.2) is 9.36 Å². The topological polar surface area (TPSA) is 29.1 Å². The lowest BCUT2D eigenvalue weighted by Crippen LogP contribution is -2.35. The van der Waals surface area contributed by atoms with Gasteiger partial charge in [0.25, 0.3) is 6.33 Å². The van der Waals surface area contributed by atoms with E-state index in [0.717, 1.165) is 25.9 Å². The molecular weight excluding hydrogens is 202 g/mol. The van der Waals surface area contributed by atoms with Crippen molar-refractivity contribution in [3.63, 3.8) is 0 Å². The predicted molar refractivity (Wildman–Crippen MR) is 61.0 cm³/mol. The largest absolute Gasteiger partial charge is 0.415 e. The molecule has 1 aliphatic heterocycles. The van der Waals surface area contributed by atoms with Crippen molar-refractivity contribution in [3.05, 3.63) is 18.7 Å². The minimum absolute atomic E-state index is 0.0952. The average Bonchev–Trinajstić information content (AvgIpc) is 2.85. The van der Waals surface area contributed by atoms with Gasteiger partial charge in [-0.05, 0) is 18.3 Å². The van der Waals surface area contributed by atoms with Gasteiger partial charge >= 0.3 is 6.03 Å². The van der Waals surface area contributed by atoms with E-state index < -0.39 is 0 Å². The maximum absolute atomic E-state index is 12.1. The third-order valence-corrected chi connectivity index (χ3v) is 3.67. The van der Waals surface area contributed by atoms with Crippen molar-refractivity contribution in [2.45, 2.75) is 26.7 Å². The number of likely N-dealkylation sites (tertiary alicyclic amines) is 1. The molecule has 1 unspecified atom stereocenters. The fourth-order valence-corrected chi connectivity index (χ4v) is 2.20. The second-order valence-electron chi connectivity index (χ2n) is 5.10. The molecular formula is C12H20N3O+. The van der Waals surface area contributed by atoms with Gasteiger partial charge in [0.15, 0.2) is 0 Å². The summed E-state index contributed by atoms with van der Waals surface area (Å²) in [6, 6.07) is 0.0952. The maximum Gasteiger partial charge on any atom is 0.415 e. The Bertz CT molecular complexity index is 399. The van der Waals surface area contributed by atoms with E-state index in [9.17, 15) is 4.79 Å². The molecule has 0 radical (unpaired) electrons. The van der Waals surface area contributed by atoms with E-state index in [1.807, 2.05) is 35.2 Å². The van der Waals surface area contributed by atoms with Crippen LogP contribution in [0.5, 0.6) is 0 Å². The molecule has 0 aromatic carbocycles. The van der Waals surface area contributed by atoms with E-state index in [2.05, 4.69) is 13.8 Å². The van der Waals surface area contributed by atoms with Crippen LogP contribution in [0, 0.1) is 5.41 Å². The smallest absolute Gasteiger partial charge is 0.304 e. The summed E-state index contributed by atoms with van der Waals surface area (Å²) >= 11 is 0. The lowest BCUT2D eigenvalue weighted by molar-refractivity contribution is -0.670. The van der Waals surface area contributed by atoms with Gasteiger partial charge in [-0.1, -0.05) is 13.8 Å². The highest BCUT2D eigenvalue weighted by Gasteiger charge is 2.36. The number of amides is 1. The van der Waals surface area contributed by atoms with E-state index in [-0.39, 0.29) is 6.03 Å². The third-order valence-electron chi connectivity index (χ3n) is 3.67. The molecule has 1 fully saturated rings. The number of aromatic nitrogens is 2. The third kappa shape index (κ3) is 1.96. The summed E-state index contributed by atoms with van der Waals surface area (Å²) in [4.78, 5) is 14.1. The van der Waals surface area contributed by atoms with Gasteiger partial charge in [-0.15, -0.1) is 0 Å². The molecule has 1 atom stereocenters. The summed E-state index contributed by atoms with van der Waals surface area (Å²) in [6.45, 7) is 6.22. The fraction of sp³-hybridized carbons (Fsp3) is 0.667. The molecule has 1 aliphatic rings. The SMILES string of the molecule is CCC1(C)CCN(C(=O)n2cc[n+](C)c2)C1. The van der Waals surface area contributed by atoms with E-state index in [1.165, 1.54) is 0 Å². The van der Waals surface area contributed by atoms with Crippen LogP contribution < -0.4 is 4.57 Å². The first kappa shape index (κ1) is 11.2. The summed E-state index contributed by atoms with van der Waals surface area (Å²) in [5, 5.41) is 0. The Balaban J connectivity index is 2.08. The quantitative estimate of drug-likeness (QED) is 0.660. The summed E-state index contributed by atoms with van der Waals surface area (Å²) in [7, 11) is 1.92. The summed E-state index contributed by atoms with van der Waals surface area (Å²) in [5.41, 5.74) is 0.311. The van der Waals surface area contributed by atoms with Crippen molar-refractivity contribution >= 4 is 6.03 Å². The zero-order valence-corrected chi connectivity index (χ0v) is 10.3. The minimum Gasteiger partial charge on any atom is -0.304 e. The first-order valence-corrected chi connectivity index (χ1v) is 5.86. The molecule has 88 valence electrons.